The van der Waals surface area contributed by atoms with Gasteiger partial charge in [-0.05, 0) is 17.5 Å². The van der Waals surface area contributed by atoms with E-state index in [0.29, 0.717) is 26.1 Å². The number of nitrogens with zero attached hydrogens (tertiary/aromatic N) is 5. The molecule has 2 heterocycles. The lowest BCUT2D eigenvalue weighted by Crippen LogP contribution is -2.28. The molecule has 1 aliphatic rings. The second-order valence-corrected chi connectivity index (χ2v) is 7.49. The molecule has 0 amide bonds. The van der Waals surface area contributed by atoms with E-state index in [9.17, 15) is 9.90 Å². The largest absolute Gasteiger partial charge is 0.394 e. The average Bonchev–Trinajstić information content (AvgIpc) is 3.28. The van der Waals surface area contributed by atoms with E-state index in [4.69, 9.17) is 4.74 Å². The predicted octanol–water partition coefficient (Wildman–Crippen LogP) is 2.32. The van der Waals surface area contributed by atoms with Crippen LogP contribution in [0.3, 0.4) is 0 Å². The quantitative estimate of drug-likeness (QED) is 0.445. The number of benzene rings is 2. The zero-order valence-electron chi connectivity index (χ0n) is 17.1. The van der Waals surface area contributed by atoms with Crippen molar-refractivity contribution in [3.63, 3.8) is 0 Å². The number of hydrogen-bond acceptors (Lipinski definition) is 6. The Morgan fingerprint density at radius 2 is 1.74 bits per heavy atom. The van der Waals surface area contributed by atoms with E-state index in [0.717, 1.165) is 11.1 Å². The van der Waals surface area contributed by atoms with Crippen LogP contribution in [0.5, 0.6) is 0 Å². The lowest BCUT2D eigenvalue weighted by atomic mass is 10.2. The minimum Gasteiger partial charge on any atom is -0.394 e. The van der Waals surface area contributed by atoms with E-state index in [1.54, 1.807) is 6.34 Å². The molecule has 4 rings (SSSR count). The average molecular weight is 419 g/mol. The van der Waals surface area contributed by atoms with Gasteiger partial charge in [-0.15, -0.1) is 0 Å². The number of aromatic nitrogens is 3. The van der Waals surface area contributed by atoms with E-state index in [-0.39, 0.29) is 24.7 Å². The second kappa shape index (κ2) is 10.1. The summed E-state index contributed by atoms with van der Waals surface area (Å²) in [6.45, 7) is 1.63. The van der Waals surface area contributed by atoms with Crippen molar-refractivity contribution >= 4 is 12.3 Å². The molecule has 2 atom stereocenters. The minimum absolute atomic E-state index is 0.0624. The molecule has 0 aliphatic carbocycles. The van der Waals surface area contributed by atoms with Crippen LogP contribution in [-0.2, 0) is 17.8 Å². The standard InChI is InChI=1S/C23H25N5O3/c29-14-21-11-20(15-31-21)28-17-25-22(26-23(28)30)24-16-27(12-18-7-3-1-4-8-18)13-19-9-5-2-6-10-19/h1-10,16-17,20-21,29H,11-15H2/b24-16-/t20-,21-/m0/s1. The summed E-state index contributed by atoms with van der Waals surface area (Å²) < 4.78 is 6.89. The van der Waals surface area contributed by atoms with Crippen LogP contribution in [-0.4, -0.2) is 50.2 Å². The van der Waals surface area contributed by atoms with Gasteiger partial charge in [0.05, 0.1) is 31.7 Å². The lowest BCUT2D eigenvalue weighted by molar-refractivity contribution is 0.0574. The van der Waals surface area contributed by atoms with E-state index in [2.05, 4.69) is 44.1 Å². The zero-order chi connectivity index (χ0) is 21.5. The summed E-state index contributed by atoms with van der Waals surface area (Å²) in [7, 11) is 0. The highest BCUT2D eigenvalue weighted by Gasteiger charge is 2.27. The number of aliphatic hydroxyl groups is 1. The molecule has 0 saturated carbocycles. The van der Waals surface area contributed by atoms with Gasteiger partial charge in [-0.2, -0.15) is 4.98 Å². The zero-order valence-corrected chi connectivity index (χ0v) is 17.1. The fourth-order valence-corrected chi connectivity index (χ4v) is 3.56. The molecule has 160 valence electrons. The molecule has 1 aliphatic heterocycles. The highest BCUT2D eigenvalue weighted by molar-refractivity contribution is 5.58. The molecule has 0 unspecified atom stereocenters. The number of ether oxygens (including phenoxy) is 1. The molecule has 1 N–H and O–H groups in total. The van der Waals surface area contributed by atoms with Crippen LogP contribution < -0.4 is 5.69 Å². The molecular weight excluding hydrogens is 394 g/mol. The van der Waals surface area contributed by atoms with Gasteiger partial charge >= 0.3 is 5.69 Å². The Balaban J connectivity index is 1.50. The minimum atomic E-state index is -0.424. The van der Waals surface area contributed by atoms with Crippen LogP contribution in [0.2, 0.25) is 0 Å². The SMILES string of the molecule is O=c1nc(/N=C\N(Cc2ccccc2)Cc2ccccc2)ncn1[C@@H]1CO[C@H](CO)C1. The normalized spacial score (nSPS) is 18.5. The van der Waals surface area contributed by atoms with Crippen LogP contribution in [0.15, 0.2) is 76.8 Å². The summed E-state index contributed by atoms with van der Waals surface area (Å²) in [4.78, 5) is 27.1. The van der Waals surface area contributed by atoms with Crippen LogP contribution >= 0.6 is 0 Å². The number of aliphatic imine (C=N–C) groups is 1. The molecule has 1 fully saturated rings. The van der Waals surface area contributed by atoms with Crippen molar-refractivity contribution in [2.24, 2.45) is 4.99 Å². The highest BCUT2D eigenvalue weighted by Crippen LogP contribution is 2.22. The maximum Gasteiger partial charge on any atom is 0.352 e. The number of aliphatic hydroxyl groups excluding tert-OH is 1. The van der Waals surface area contributed by atoms with Crippen molar-refractivity contribution in [2.45, 2.75) is 31.7 Å². The third-order valence-corrected chi connectivity index (χ3v) is 5.16. The van der Waals surface area contributed by atoms with Crippen molar-refractivity contribution in [2.75, 3.05) is 13.2 Å². The third-order valence-electron chi connectivity index (χ3n) is 5.16. The second-order valence-electron chi connectivity index (χ2n) is 7.49. The summed E-state index contributed by atoms with van der Waals surface area (Å²) in [5, 5.41) is 9.21. The van der Waals surface area contributed by atoms with Crippen molar-refractivity contribution in [1.29, 1.82) is 0 Å². The summed E-state index contributed by atoms with van der Waals surface area (Å²) in [6.07, 6.45) is 3.44. The summed E-state index contributed by atoms with van der Waals surface area (Å²) >= 11 is 0. The fraction of sp³-hybridized carbons (Fsp3) is 0.304. The van der Waals surface area contributed by atoms with Gasteiger partial charge < -0.3 is 14.7 Å². The first-order valence-electron chi connectivity index (χ1n) is 10.2. The van der Waals surface area contributed by atoms with Gasteiger partial charge in [-0.3, -0.25) is 4.57 Å². The lowest BCUT2D eigenvalue weighted by Gasteiger charge is -2.19. The monoisotopic (exact) mass is 419 g/mol. The number of rotatable bonds is 8. The van der Waals surface area contributed by atoms with Crippen molar-refractivity contribution < 1.29 is 9.84 Å². The van der Waals surface area contributed by atoms with E-state index in [1.807, 2.05) is 36.4 Å². The molecule has 8 heteroatoms. The molecule has 0 spiro atoms. The number of hydrogen-bond donors (Lipinski definition) is 1. The first kappa shape index (κ1) is 20.9. The van der Waals surface area contributed by atoms with Gasteiger partial charge in [0.2, 0.25) is 0 Å². The molecule has 0 radical (unpaired) electrons. The van der Waals surface area contributed by atoms with E-state index < -0.39 is 5.69 Å². The third kappa shape index (κ3) is 5.62. The molecule has 3 aromatic rings. The van der Waals surface area contributed by atoms with Crippen LogP contribution in [0.1, 0.15) is 23.6 Å². The Labute approximate surface area is 180 Å². The molecule has 8 nitrogen and oxygen atoms in total. The van der Waals surface area contributed by atoms with E-state index in [1.165, 1.54) is 10.9 Å². The van der Waals surface area contributed by atoms with Gasteiger partial charge in [0.25, 0.3) is 5.95 Å². The van der Waals surface area contributed by atoms with Gasteiger partial charge in [-0.25, -0.2) is 14.8 Å². The maximum absolute atomic E-state index is 12.5. The van der Waals surface area contributed by atoms with Crippen LogP contribution in [0, 0.1) is 0 Å². The highest BCUT2D eigenvalue weighted by atomic mass is 16.5. The Morgan fingerprint density at radius 1 is 1.10 bits per heavy atom. The molecular formula is C23H25N5O3. The van der Waals surface area contributed by atoms with E-state index >= 15 is 0 Å². The van der Waals surface area contributed by atoms with Crippen molar-refractivity contribution in [3.05, 3.63) is 88.6 Å². The predicted molar refractivity (Wildman–Crippen MR) is 117 cm³/mol. The smallest absolute Gasteiger partial charge is 0.352 e. The molecule has 31 heavy (non-hydrogen) atoms. The first-order chi connectivity index (χ1) is 15.2. The summed E-state index contributed by atoms with van der Waals surface area (Å²) in [5.74, 6) is 0.116. The Kier molecular flexibility index (Phi) is 6.81. The fourth-order valence-electron chi connectivity index (χ4n) is 3.56. The van der Waals surface area contributed by atoms with Crippen molar-refractivity contribution in [3.8, 4) is 0 Å². The topological polar surface area (TPSA) is 92.8 Å². The van der Waals surface area contributed by atoms with Crippen molar-refractivity contribution in [1.82, 2.24) is 19.4 Å². The van der Waals surface area contributed by atoms with Gasteiger partial charge in [0.1, 0.15) is 6.33 Å². The molecule has 0 bridgehead atoms. The van der Waals surface area contributed by atoms with Gasteiger partial charge in [0.15, 0.2) is 0 Å². The first-order valence-corrected chi connectivity index (χ1v) is 10.2. The Morgan fingerprint density at radius 3 is 2.29 bits per heavy atom. The maximum atomic E-state index is 12.5. The summed E-state index contributed by atoms with van der Waals surface area (Å²) in [6, 6.07) is 20.1. The van der Waals surface area contributed by atoms with Crippen LogP contribution in [0.25, 0.3) is 0 Å². The van der Waals surface area contributed by atoms with Gasteiger partial charge in [0, 0.05) is 13.1 Å². The Hall–Kier alpha value is -3.36. The molecule has 2 aromatic carbocycles. The Bertz CT molecular complexity index is 1010. The van der Waals surface area contributed by atoms with Gasteiger partial charge in [-0.1, -0.05) is 60.7 Å². The van der Waals surface area contributed by atoms with Crippen LogP contribution in [0.4, 0.5) is 5.95 Å². The summed E-state index contributed by atoms with van der Waals surface area (Å²) in [5.41, 5.74) is 1.88. The molecule has 1 aromatic heterocycles. The molecule has 1 saturated heterocycles.